The van der Waals surface area contributed by atoms with E-state index in [4.69, 9.17) is 5.26 Å². The van der Waals surface area contributed by atoms with Crippen molar-refractivity contribution in [3.05, 3.63) is 65.0 Å². The van der Waals surface area contributed by atoms with Crippen molar-refractivity contribution < 1.29 is 4.79 Å². The van der Waals surface area contributed by atoms with E-state index in [0.717, 1.165) is 42.6 Å². The van der Waals surface area contributed by atoms with Crippen LogP contribution in [0.4, 0.5) is 0 Å². The second kappa shape index (κ2) is 6.62. The number of piperidine rings is 1. The van der Waals surface area contributed by atoms with E-state index in [0.29, 0.717) is 11.6 Å². The lowest BCUT2D eigenvalue weighted by molar-refractivity contribution is 0.0713. The van der Waals surface area contributed by atoms with E-state index in [1.165, 1.54) is 0 Å². The smallest absolute Gasteiger partial charge is 0.253 e. The van der Waals surface area contributed by atoms with Crippen molar-refractivity contribution in [1.82, 2.24) is 9.88 Å². The van der Waals surface area contributed by atoms with Gasteiger partial charge in [0.05, 0.1) is 0 Å². The number of likely N-dealkylation sites (tertiary alicyclic amines) is 1. The molecular formula is C19H19N3O. The predicted octanol–water partition coefficient (Wildman–Crippen LogP) is 3.28. The fourth-order valence-corrected chi connectivity index (χ4v) is 3.01. The quantitative estimate of drug-likeness (QED) is 0.855. The minimum absolute atomic E-state index is 0.112. The average molecular weight is 305 g/mol. The number of pyridine rings is 1. The van der Waals surface area contributed by atoms with E-state index in [-0.39, 0.29) is 5.91 Å². The Hall–Kier alpha value is -2.67. The lowest BCUT2D eigenvalue weighted by atomic mass is 9.90. The Morgan fingerprint density at radius 1 is 1.17 bits per heavy atom. The molecule has 0 saturated carbocycles. The van der Waals surface area contributed by atoms with Crippen LogP contribution in [0.3, 0.4) is 0 Å². The summed E-state index contributed by atoms with van der Waals surface area (Å²) in [6.07, 6.45) is 3.66. The molecule has 23 heavy (non-hydrogen) atoms. The minimum atomic E-state index is 0.112. The third-order valence-corrected chi connectivity index (χ3v) is 4.45. The Morgan fingerprint density at radius 3 is 2.43 bits per heavy atom. The molecule has 0 unspecified atom stereocenters. The zero-order valence-corrected chi connectivity index (χ0v) is 13.2. The largest absolute Gasteiger partial charge is 0.339 e. The van der Waals surface area contributed by atoms with Gasteiger partial charge >= 0.3 is 0 Å². The summed E-state index contributed by atoms with van der Waals surface area (Å²) in [5.41, 5.74) is 3.52. The Bertz CT molecular complexity index is 721. The van der Waals surface area contributed by atoms with E-state index in [9.17, 15) is 4.79 Å². The third kappa shape index (κ3) is 3.40. The van der Waals surface area contributed by atoms with Gasteiger partial charge in [-0.15, -0.1) is 0 Å². The molecule has 0 radical (unpaired) electrons. The van der Waals surface area contributed by atoms with Gasteiger partial charge in [0.2, 0.25) is 0 Å². The van der Waals surface area contributed by atoms with Crippen molar-refractivity contribution in [2.24, 2.45) is 0 Å². The predicted molar refractivity (Wildman–Crippen MR) is 88.0 cm³/mol. The average Bonchev–Trinajstić information content (AvgIpc) is 2.62. The summed E-state index contributed by atoms with van der Waals surface area (Å²) in [6, 6.07) is 13.5. The van der Waals surface area contributed by atoms with Gasteiger partial charge in [0.1, 0.15) is 11.8 Å². The van der Waals surface area contributed by atoms with Crippen LogP contribution < -0.4 is 0 Å². The highest BCUT2D eigenvalue weighted by Gasteiger charge is 2.24. The Balaban J connectivity index is 1.62. The number of aromatic nitrogens is 1. The lowest BCUT2D eigenvalue weighted by Gasteiger charge is -2.32. The molecule has 4 heteroatoms. The molecule has 1 saturated heterocycles. The number of aryl methyl sites for hydroxylation is 1. The van der Waals surface area contributed by atoms with E-state index in [2.05, 4.69) is 4.98 Å². The molecule has 0 bridgehead atoms. The van der Waals surface area contributed by atoms with Crippen LogP contribution in [0.2, 0.25) is 0 Å². The van der Waals surface area contributed by atoms with Crippen molar-refractivity contribution in [3.8, 4) is 6.07 Å². The fraction of sp³-hybridized carbons (Fsp3) is 0.316. The summed E-state index contributed by atoms with van der Waals surface area (Å²) in [4.78, 5) is 18.6. The number of carbonyl (C=O) groups is 1. The van der Waals surface area contributed by atoms with Crippen LogP contribution in [-0.4, -0.2) is 28.9 Å². The molecule has 2 aromatic rings. The van der Waals surface area contributed by atoms with Gasteiger partial charge in [-0.3, -0.25) is 4.79 Å². The number of rotatable bonds is 2. The molecule has 1 aromatic heterocycles. The molecule has 1 aliphatic rings. The molecular weight excluding hydrogens is 286 g/mol. The molecule has 116 valence electrons. The number of nitriles is 1. The van der Waals surface area contributed by atoms with Crippen LogP contribution in [0.5, 0.6) is 0 Å². The first-order valence-electron chi connectivity index (χ1n) is 7.89. The van der Waals surface area contributed by atoms with Gasteiger partial charge in [-0.25, -0.2) is 4.98 Å². The van der Waals surface area contributed by atoms with Crippen LogP contribution in [0, 0.1) is 18.3 Å². The number of nitrogens with zero attached hydrogens (tertiary/aromatic N) is 3. The summed E-state index contributed by atoms with van der Waals surface area (Å²) in [5, 5.41) is 8.80. The second-order valence-electron chi connectivity index (χ2n) is 6.02. The summed E-state index contributed by atoms with van der Waals surface area (Å²) < 4.78 is 0. The SMILES string of the molecule is Cc1ccc(C(=O)N2CCC(c3ccc(C#N)nc3)CC2)cc1. The maximum atomic E-state index is 12.5. The Labute approximate surface area is 136 Å². The van der Waals surface area contributed by atoms with Gasteiger partial charge in [0.25, 0.3) is 5.91 Å². The summed E-state index contributed by atoms with van der Waals surface area (Å²) in [5.74, 6) is 0.527. The number of benzene rings is 1. The standard InChI is InChI=1S/C19H19N3O/c1-14-2-4-16(5-3-14)19(23)22-10-8-15(9-11-22)17-6-7-18(12-20)21-13-17/h2-7,13,15H,8-11H2,1H3. The summed E-state index contributed by atoms with van der Waals surface area (Å²) in [6.45, 7) is 3.54. The van der Waals surface area contributed by atoms with Crippen LogP contribution in [0.1, 0.15) is 45.9 Å². The number of hydrogen-bond acceptors (Lipinski definition) is 3. The van der Waals surface area contributed by atoms with Crippen LogP contribution >= 0.6 is 0 Å². The van der Waals surface area contributed by atoms with Gasteiger partial charge < -0.3 is 4.90 Å². The highest BCUT2D eigenvalue weighted by molar-refractivity contribution is 5.94. The van der Waals surface area contributed by atoms with Gasteiger partial charge in [0.15, 0.2) is 0 Å². The first kappa shape index (κ1) is 15.2. The van der Waals surface area contributed by atoms with Crippen molar-refractivity contribution in [1.29, 1.82) is 5.26 Å². The van der Waals surface area contributed by atoms with Crippen molar-refractivity contribution in [2.75, 3.05) is 13.1 Å². The summed E-state index contributed by atoms with van der Waals surface area (Å²) >= 11 is 0. The molecule has 4 nitrogen and oxygen atoms in total. The van der Waals surface area contributed by atoms with Gasteiger partial charge in [-0.05, 0) is 49.4 Å². The van der Waals surface area contributed by atoms with E-state index in [1.54, 1.807) is 12.3 Å². The first-order valence-corrected chi connectivity index (χ1v) is 7.89. The van der Waals surface area contributed by atoms with Crippen molar-refractivity contribution >= 4 is 5.91 Å². The lowest BCUT2D eigenvalue weighted by Crippen LogP contribution is -2.37. The van der Waals surface area contributed by atoms with E-state index >= 15 is 0 Å². The van der Waals surface area contributed by atoms with Crippen molar-refractivity contribution in [2.45, 2.75) is 25.7 Å². The maximum absolute atomic E-state index is 12.5. The van der Waals surface area contributed by atoms with Crippen LogP contribution in [0.25, 0.3) is 0 Å². The van der Waals surface area contributed by atoms with Crippen LogP contribution in [-0.2, 0) is 0 Å². The molecule has 1 aromatic carbocycles. The van der Waals surface area contributed by atoms with Gasteiger partial charge in [0, 0.05) is 24.8 Å². The monoisotopic (exact) mass is 305 g/mol. The minimum Gasteiger partial charge on any atom is -0.339 e. The topological polar surface area (TPSA) is 57.0 Å². The molecule has 0 atom stereocenters. The molecule has 1 aliphatic heterocycles. The van der Waals surface area contributed by atoms with E-state index in [1.807, 2.05) is 48.2 Å². The Kier molecular flexibility index (Phi) is 4.38. The zero-order valence-electron chi connectivity index (χ0n) is 13.2. The molecule has 0 aliphatic carbocycles. The highest BCUT2D eigenvalue weighted by atomic mass is 16.2. The number of amides is 1. The highest BCUT2D eigenvalue weighted by Crippen LogP contribution is 2.28. The molecule has 0 N–H and O–H groups in total. The van der Waals surface area contributed by atoms with Gasteiger partial charge in [-0.2, -0.15) is 5.26 Å². The molecule has 1 fully saturated rings. The van der Waals surface area contributed by atoms with Crippen LogP contribution in [0.15, 0.2) is 42.6 Å². The fourth-order valence-electron chi connectivity index (χ4n) is 3.01. The van der Waals surface area contributed by atoms with Gasteiger partial charge in [-0.1, -0.05) is 23.8 Å². The first-order chi connectivity index (χ1) is 11.2. The zero-order chi connectivity index (χ0) is 16.2. The second-order valence-corrected chi connectivity index (χ2v) is 6.02. The van der Waals surface area contributed by atoms with Crippen molar-refractivity contribution in [3.63, 3.8) is 0 Å². The molecule has 0 spiro atoms. The summed E-state index contributed by atoms with van der Waals surface area (Å²) in [7, 11) is 0. The molecule has 3 rings (SSSR count). The maximum Gasteiger partial charge on any atom is 0.253 e. The normalized spacial score (nSPS) is 15.2. The van der Waals surface area contributed by atoms with E-state index < -0.39 is 0 Å². The number of carbonyl (C=O) groups excluding carboxylic acids is 1. The third-order valence-electron chi connectivity index (χ3n) is 4.45. The molecule has 1 amide bonds. The molecule has 2 heterocycles. The Morgan fingerprint density at radius 2 is 1.87 bits per heavy atom. The number of hydrogen-bond donors (Lipinski definition) is 0.